The third kappa shape index (κ3) is 4.60. The average molecular weight is 403 g/mol. The number of alkyl halides is 3. The lowest BCUT2D eigenvalue weighted by atomic mass is 10.1. The first-order chi connectivity index (χ1) is 13.6. The molecule has 0 radical (unpaired) electrons. The highest BCUT2D eigenvalue weighted by Crippen LogP contribution is 2.34. The van der Waals surface area contributed by atoms with Gasteiger partial charge in [0.15, 0.2) is 0 Å². The highest BCUT2D eigenvalue weighted by Gasteiger charge is 2.30. The second-order valence-electron chi connectivity index (χ2n) is 6.30. The molecule has 2 aromatic carbocycles. The van der Waals surface area contributed by atoms with Crippen LogP contribution in [0.25, 0.3) is 0 Å². The zero-order chi connectivity index (χ0) is 21.2. The second-order valence-corrected chi connectivity index (χ2v) is 6.30. The van der Waals surface area contributed by atoms with Gasteiger partial charge in [-0.15, -0.1) is 0 Å². The number of aryl methyl sites for hydroxylation is 2. The van der Waals surface area contributed by atoms with Crippen LogP contribution in [0.5, 0.6) is 0 Å². The van der Waals surface area contributed by atoms with E-state index < -0.39 is 22.4 Å². The van der Waals surface area contributed by atoms with E-state index in [0.717, 1.165) is 29.6 Å². The van der Waals surface area contributed by atoms with Crippen molar-refractivity contribution in [3.63, 3.8) is 0 Å². The van der Waals surface area contributed by atoms with E-state index in [1.807, 2.05) is 26.0 Å². The minimum Gasteiger partial charge on any atom is -0.334 e. The fourth-order valence-corrected chi connectivity index (χ4v) is 2.57. The molecule has 0 atom stereocenters. The standard InChI is InChI=1S/C19H16F3N5O2/c1-11-3-6-15(9-12(11)2)26-18-16(27(28)29)17(23-10-24-18)25-14-7-4-13(5-8-14)19(20,21)22/h3-10H,1-2H3,(H2,23,24,25,26). The maximum absolute atomic E-state index is 12.7. The molecule has 0 fully saturated rings. The molecule has 3 aromatic rings. The second kappa shape index (κ2) is 7.74. The van der Waals surface area contributed by atoms with Gasteiger partial charge >= 0.3 is 11.9 Å². The minimum atomic E-state index is -4.47. The molecule has 3 rings (SSSR count). The molecule has 150 valence electrons. The molecule has 10 heteroatoms. The van der Waals surface area contributed by atoms with Crippen molar-refractivity contribution < 1.29 is 18.1 Å². The van der Waals surface area contributed by atoms with E-state index in [4.69, 9.17) is 0 Å². The molecule has 0 saturated heterocycles. The SMILES string of the molecule is Cc1ccc(Nc2ncnc(Nc3ccc(C(F)(F)F)cc3)c2[N+](=O)[O-])cc1C. The average Bonchev–Trinajstić information content (AvgIpc) is 2.64. The van der Waals surface area contributed by atoms with Gasteiger partial charge in [-0.2, -0.15) is 13.2 Å². The molecule has 1 aromatic heterocycles. The van der Waals surface area contributed by atoms with E-state index in [1.165, 1.54) is 12.1 Å². The molecule has 7 nitrogen and oxygen atoms in total. The topological polar surface area (TPSA) is 93.0 Å². The van der Waals surface area contributed by atoms with Crippen molar-refractivity contribution in [2.75, 3.05) is 10.6 Å². The summed E-state index contributed by atoms with van der Waals surface area (Å²) < 4.78 is 38.1. The summed E-state index contributed by atoms with van der Waals surface area (Å²) in [7, 11) is 0. The summed E-state index contributed by atoms with van der Waals surface area (Å²) in [4.78, 5) is 18.8. The molecule has 0 bridgehead atoms. The molecule has 0 spiro atoms. The minimum absolute atomic E-state index is 0.0392. The largest absolute Gasteiger partial charge is 0.416 e. The molecule has 0 amide bonds. The normalized spacial score (nSPS) is 11.2. The molecule has 29 heavy (non-hydrogen) atoms. The van der Waals surface area contributed by atoms with Gasteiger partial charge in [-0.05, 0) is 61.4 Å². The number of anilines is 4. The summed E-state index contributed by atoms with van der Waals surface area (Å²) in [6, 6.07) is 9.55. The van der Waals surface area contributed by atoms with Gasteiger partial charge in [0, 0.05) is 11.4 Å². The van der Waals surface area contributed by atoms with Crippen molar-refractivity contribution in [1.29, 1.82) is 0 Å². The molecule has 1 heterocycles. The number of rotatable bonds is 5. The quantitative estimate of drug-likeness (QED) is 0.431. The Bertz CT molecular complexity index is 1050. The fraction of sp³-hybridized carbons (Fsp3) is 0.158. The van der Waals surface area contributed by atoms with E-state index in [9.17, 15) is 23.3 Å². The predicted molar refractivity (Wildman–Crippen MR) is 103 cm³/mol. The third-order valence-electron chi connectivity index (χ3n) is 4.25. The number of nitrogens with zero attached hydrogens (tertiary/aromatic N) is 3. The van der Waals surface area contributed by atoms with Crippen LogP contribution in [-0.2, 0) is 6.18 Å². The molecule has 2 N–H and O–H groups in total. The van der Waals surface area contributed by atoms with Crippen molar-refractivity contribution in [3.05, 3.63) is 75.6 Å². The van der Waals surface area contributed by atoms with Crippen LogP contribution in [0.15, 0.2) is 48.8 Å². The fourth-order valence-electron chi connectivity index (χ4n) is 2.57. The van der Waals surface area contributed by atoms with Crippen LogP contribution in [-0.4, -0.2) is 14.9 Å². The van der Waals surface area contributed by atoms with Gasteiger partial charge in [0.2, 0.25) is 11.6 Å². The molecular weight excluding hydrogens is 387 g/mol. The Hall–Kier alpha value is -3.69. The van der Waals surface area contributed by atoms with Crippen molar-refractivity contribution in [3.8, 4) is 0 Å². The number of hydrogen-bond donors (Lipinski definition) is 2. The highest BCUT2D eigenvalue weighted by atomic mass is 19.4. The van der Waals surface area contributed by atoms with Crippen LogP contribution in [0.4, 0.5) is 41.9 Å². The lowest BCUT2D eigenvalue weighted by molar-refractivity contribution is -0.383. The van der Waals surface area contributed by atoms with Crippen molar-refractivity contribution >= 4 is 28.7 Å². The number of hydrogen-bond acceptors (Lipinski definition) is 6. The Kier molecular flexibility index (Phi) is 5.35. The van der Waals surface area contributed by atoms with Gasteiger partial charge in [-0.25, -0.2) is 9.97 Å². The Morgan fingerprint density at radius 2 is 1.45 bits per heavy atom. The Balaban J connectivity index is 1.92. The van der Waals surface area contributed by atoms with Crippen molar-refractivity contribution in [2.24, 2.45) is 0 Å². The maximum Gasteiger partial charge on any atom is 0.416 e. The smallest absolute Gasteiger partial charge is 0.334 e. The first kappa shape index (κ1) is 20.1. The number of aromatic nitrogens is 2. The molecule has 0 aliphatic rings. The molecular formula is C19H16F3N5O2. The van der Waals surface area contributed by atoms with Gasteiger partial charge in [0.05, 0.1) is 10.5 Å². The first-order valence-electron chi connectivity index (χ1n) is 8.43. The van der Waals surface area contributed by atoms with Crippen LogP contribution < -0.4 is 10.6 Å². The summed E-state index contributed by atoms with van der Waals surface area (Å²) in [5.74, 6) is -0.182. The van der Waals surface area contributed by atoms with Crippen LogP contribution in [0, 0.1) is 24.0 Å². The van der Waals surface area contributed by atoms with Crippen molar-refractivity contribution in [1.82, 2.24) is 9.97 Å². The Morgan fingerprint density at radius 1 is 0.897 bits per heavy atom. The number of halogens is 3. The maximum atomic E-state index is 12.7. The lowest BCUT2D eigenvalue weighted by Crippen LogP contribution is -2.07. The number of nitrogens with one attached hydrogen (secondary N) is 2. The predicted octanol–water partition coefficient (Wildman–Crippen LogP) is 5.51. The van der Waals surface area contributed by atoms with E-state index in [0.29, 0.717) is 5.69 Å². The van der Waals surface area contributed by atoms with Crippen LogP contribution in [0.2, 0.25) is 0 Å². The highest BCUT2D eigenvalue weighted by molar-refractivity contribution is 5.77. The molecule has 0 aliphatic carbocycles. The lowest BCUT2D eigenvalue weighted by Gasteiger charge is -2.12. The van der Waals surface area contributed by atoms with E-state index >= 15 is 0 Å². The van der Waals surface area contributed by atoms with Gasteiger partial charge in [-0.1, -0.05) is 6.07 Å². The van der Waals surface area contributed by atoms with Crippen molar-refractivity contribution in [2.45, 2.75) is 20.0 Å². The summed E-state index contributed by atoms with van der Waals surface area (Å²) in [5.41, 5.74) is 1.64. The van der Waals surface area contributed by atoms with Crippen LogP contribution in [0.1, 0.15) is 16.7 Å². The van der Waals surface area contributed by atoms with Crippen LogP contribution >= 0.6 is 0 Å². The Labute approximate surface area is 163 Å². The monoisotopic (exact) mass is 403 g/mol. The van der Waals surface area contributed by atoms with E-state index in [2.05, 4.69) is 20.6 Å². The zero-order valence-corrected chi connectivity index (χ0v) is 15.4. The molecule has 0 aliphatic heterocycles. The molecule has 0 saturated carbocycles. The summed E-state index contributed by atoms with van der Waals surface area (Å²) in [6.07, 6.45) is -3.34. The third-order valence-corrected chi connectivity index (χ3v) is 4.25. The van der Waals surface area contributed by atoms with E-state index in [1.54, 1.807) is 6.07 Å². The van der Waals surface area contributed by atoms with E-state index in [-0.39, 0.29) is 17.3 Å². The van der Waals surface area contributed by atoms with Gasteiger partial charge in [0.25, 0.3) is 0 Å². The summed E-state index contributed by atoms with van der Waals surface area (Å²) >= 11 is 0. The first-order valence-corrected chi connectivity index (χ1v) is 8.43. The number of benzene rings is 2. The molecule has 0 unspecified atom stereocenters. The number of nitro groups is 1. The van der Waals surface area contributed by atoms with Gasteiger partial charge in [-0.3, -0.25) is 10.1 Å². The zero-order valence-electron chi connectivity index (χ0n) is 15.4. The van der Waals surface area contributed by atoms with Gasteiger partial charge < -0.3 is 10.6 Å². The van der Waals surface area contributed by atoms with Crippen LogP contribution in [0.3, 0.4) is 0 Å². The Morgan fingerprint density at radius 3 is 1.97 bits per heavy atom. The summed E-state index contributed by atoms with van der Waals surface area (Å²) in [5, 5.41) is 17.2. The summed E-state index contributed by atoms with van der Waals surface area (Å²) in [6.45, 7) is 3.85. The van der Waals surface area contributed by atoms with Gasteiger partial charge in [0.1, 0.15) is 6.33 Å².